The topological polar surface area (TPSA) is 95.0 Å². The van der Waals surface area contributed by atoms with Crippen LogP contribution in [0.5, 0.6) is 0 Å². The Labute approximate surface area is 191 Å². The normalized spacial score (nSPS) is 12.6. The van der Waals surface area contributed by atoms with Crippen molar-refractivity contribution >= 4 is 26.6 Å². The van der Waals surface area contributed by atoms with Crippen molar-refractivity contribution in [2.24, 2.45) is 7.05 Å². The molecule has 0 saturated heterocycles. The maximum absolute atomic E-state index is 13.2. The van der Waals surface area contributed by atoms with Gasteiger partial charge >= 0.3 is 6.18 Å². The minimum Gasteiger partial charge on any atom is -0.312 e. The van der Waals surface area contributed by atoms with Crippen LogP contribution in [0.1, 0.15) is 12.5 Å². The van der Waals surface area contributed by atoms with Crippen LogP contribution in [-0.2, 0) is 23.1 Å². The predicted octanol–water partition coefficient (Wildman–Crippen LogP) is 4.16. The minimum atomic E-state index is -4.59. The van der Waals surface area contributed by atoms with E-state index in [9.17, 15) is 21.6 Å². The van der Waals surface area contributed by atoms with Crippen molar-refractivity contribution < 1.29 is 21.6 Å². The molecule has 5 aromatic rings. The van der Waals surface area contributed by atoms with Gasteiger partial charge in [0.25, 0.3) is 0 Å². The van der Waals surface area contributed by atoms with Gasteiger partial charge in [0.1, 0.15) is 16.9 Å². The van der Waals surface area contributed by atoms with E-state index in [0.29, 0.717) is 5.56 Å². The zero-order valence-electron chi connectivity index (χ0n) is 17.9. The molecule has 0 unspecified atom stereocenters. The molecule has 34 heavy (non-hydrogen) atoms. The number of sulfone groups is 1. The quantitative estimate of drug-likeness (QED) is 0.379. The summed E-state index contributed by atoms with van der Waals surface area (Å²) in [5.41, 5.74) is 1.09. The highest BCUT2D eigenvalue weighted by molar-refractivity contribution is 7.91. The first-order chi connectivity index (χ1) is 16.1. The molecule has 174 valence electrons. The van der Waals surface area contributed by atoms with Gasteiger partial charge in [-0.2, -0.15) is 18.3 Å². The predicted molar refractivity (Wildman–Crippen MR) is 119 cm³/mol. The van der Waals surface area contributed by atoms with E-state index in [1.165, 1.54) is 16.0 Å². The summed E-state index contributed by atoms with van der Waals surface area (Å²) in [5, 5.41) is 4.05. The van der Waals surface area contributed by atoms with E-state index < -0.39 is 21.6 Å². The van der Waals surface area contributed by atoms with Crippen molar-refractivity contribution in [3.63, 3.8) is 0 Å². The van der Waals surface area contributed by atoms with Crippen LogP contribution in [0.2, 0.25) is 0 Å². The smallest absolute Gasteiger partial charge is 0.312 e. The maximum atomic E-state index is 13.2. The summed E-state index contributed by atoms with van der Waals surface area (Å²) in [6.45, 7) is 1.48. The molecule has 0 N–H and O–H groups in total. The third-order valence-electron chi connectivity index (χ3n) is 5.48. The van der Waals surface area contributed by atoms with Gasteiger partial charge in [0, 0.05) is 31.2 Å². The van der Waals surface area contributed by atoms with Crippen LogP contribution in [-0.4, -0.2) is 43.3 Å². The zero-order valence-corrected chi connectivity index (χ0v) is 18.8. The molecule has 0 aliphatic rings. The highest BCUT2D eigenvalue weighted by atomic mass is 32.2. The fraction of sp³-hybridized carbons (Fsp3) is 0.182. The molecule has 0 aliphatic heterocycles. The lowest BCUT2D eigenvalue weighted by Crippen LogP contribution is -2.07. The van der Waals surface area contributed by atoms with Gasteiger partial charge in [0.05, 0.1) is 11.3 Å². The molecule has 0 radical (unpaired) electrons. The first-order valence-corrected chi connectivity index (χ1v) is 11.8. The largest absolute Gasteiger partial charge is 0.417 e. The van der Waals surface area contributed by atoms with Crippen molar-refractivity contribution in [3.8, 4) is 22.5 Å². The van der Waals surface area contributed by atoms with E-state index in [-0.39, 0.29) is 39.0 Å². The number of rotatable bonds is 4. The standard InChI is InChI=1S/C22H17F3N6O2S/c1-3-34(32,33)21-17(19-26-10-14(12-31(19)29-21)13-7-5-4-6-8-13)20-28-16-9-15(22(23,24)25)11-27-18(16)30(20)2/h4-12H,3H2,1-2H3. The Morgan fingerprint density at radius 2 is 1.71 bits per heavy atom. The molecule has 0 atom stereocenters. The van der Waals surface area contributed by atoms with Crippen molar-refractivity contribution in [2.45, 2.75) is 18.1 Å². The van der Waals surface area contributed by atoms with Crippen LogP contribution in [0.15, 0.2) is 60.0 Å². The minimum absolute atomic E-state index is 0.0209. The van der Waals surface area contributed by atoms with Crippen molar-refractivity contribution in [1.29, 1.82) is 0 Å². The lowest BCUT2D eigenvalue weighted by atomic mass is 10.1. The number of fused-ring (bicyclic) bond motifs is 2. The Kier molecular flexibility index (Phi) is 4.93. The molecule has 0 aliphatic carbocycles. The number of aryl methyl sites for hydroxylation is 1. The average molecular weight is 486 g/mol. The number of imidazole rings is 1. The highest BCUT2D eigenvalue weighted by Crippen LogP contribution is 2.35. The van der Waals surface area contributed by atoms with E-state index in [1.54, 1.807) is 19.4 Å². The summed E-state index contributed by atoms with van der Waals surface area (Å²) in [5.74, 6) is -0.126. The van der Waals surface area contributed by atoms with E-state index in [4.69, 9.17) is 0 Å². The van der Waals surface area contributed by atoms with Crippen LogP contribution >= 0.6 is 0 Å². The number of alkyl halides is 3. The first-order valence-electron chi connectivity index (χ1n) is 10.2. The number of aromatic nitrogens is 6. The number of hydrogen-bond acceptors (Lipinski definition) is 6. The van der Waals surface area contributed by atoms with Gasteiger partial charge in [0.15, 0.2) is 26.2 Å². The lowest BCUT2D eigenvalue weighted by Gasteiger charge is -2.05. The van der Waals surface area contributed by atoms with Gasteiger partial charge in [-0.25, -0.2) is 27.9 Å². The molecule has 0 amide bonds. The van der Waals surface area contributed by atoms with Gasteiger partial charge in [0.2, 0.25) is 0 Å². The third kappa shape index (κ3) is 3.50. The van der Waals surface area contributed by atoms with Crippen molar-refractivity contribution in [3.05, 3.63) is 60.6 Å². The summed E-state index contributed by atoms with van der Waals surface area (Å²) in [4.78, 5) is 12.7. The number of pyridine rings is 1. The van der Waals surface area contributed by atoms with Gasteiger partial charge in [-0.05, 0) is 11.6 Å². The highest BCUT2D eigenvalue weighted by Gasteiger charge is 2.33. The lowest BCUT2D eigenvalue weighted by molar-refractivity contribution is -0.137. The average Bonchev–Trinajstić information content (AvgIpc) is 3.36. The molecule has 4 aromatic heterocycles. The molecule has 0 spiro atoms. The van der Waals surface area contributed by atoms with Gasteiger partial charge in [-0.1, -0.05) is 37.3 Å². The summed E-state index contributed by atoms with van der Waals surface area (Å²) >= 11 is 0. The SMILES string of the molecule is CCS(=O)(=O)c1nn2cc(-c3ccccc3)cnc2c1-c1nc2cc(C(F)(F)F)cnc2n1C. The molecule has 4 heterocycles. The second-order valence-electron chi connectivity index (χ2n) is 7.62. The Morgan fingerprint density at radius 1 is 1.00 bits per heavy atom. The van der Waals surface area contributed by atoms with Crippen LogP contribution in [0.4, 0.5) is 13.2 Å². The summed E-state index contributed by atoms with van der Waals surface area (Å²) in [7, 11) is -2.28. The van der Waals surface area contributed by atoms with Crippen LogP contribution in [0.3, 0.4) is 0 Å². The zero-order chi connectivity index (χ0) is 24.3. The van der Waals surface area contributed by atoms with Gasteiger partial charge < -0.3 is 4.57 Å². The number of benzene rings is 1. The fourth-order valence-electron chi connectivity index (χ4n) is 3.70. The van der Waals surface area contributed by atoms with E-state index in [1.807, 2.05) is 30.3 Å². The molecule has 0 fully saturated rings. The molecule has 12 heteroatoms. The molecule has 5 rings (SSSR count). The monoisotopic (exact) mass is 486 g/mol. The second kappa shape index (κ2) is 7.62. The molecule has 0 bridgehead atoms. The Hall–Kier alpha value is -3.80. The molecule has 0 saturated carbocycles. The van der Waals surface area contributed by atoms with Crippen molar-refractivity contribution in [2.75, 3.05) is 5.75 Å². The molecular weight excluding hydrogens is 469 g/mol. The van der Waals surface area contributed by atoms with E-state index in [2.05, 4.69) is 20.1 Å². The van der Waals surface area contributed by atoms with E-state index >= 15 is 0 Å². The number of hydrogen-bond donors (Lipinski definition) is 0. The Balaban J connectivity index is 1.79. The fourth-order valence-corrected chi connectivity index (χ4v) is 4.68. The van der Waals surface area contributed by atoms with Crippen LogP contribution in [0, 0.1) is 0 Å². The van der Waals surface area contributed by atoms with E-state index in [0.717, 1.165) is 17.8 Å². The van der Waals surface area contributed by atoms with Gasteiger partial charge in [-0.3, -0.25) is 0 Å². The second-order valence-corrected chi connectivity index (χ2v) is 9.81. The molecular formula is C22H17F3N6O2S. The van der Waals surface area contributed by atoms with Crippen LogP contribution < -0.4 is 0 Å². The molecule has 1 aromatic carbocycles. The van der Waals surface area contributed by atoms with Crippen LogP contribution in [0.25, 0.3) is 39.3 Å². The number of nitrogens with zero attached hydrogens (tertiary/aromatic N) is 6. The summed E-state index contributed by atoms with van der Waals surface area (Å²) < 4.78 is 68.2. The Bertz CT molecular complexity index is 1660. The van der Waals surface area contributed by atoms with Crippen molar-refractivity contribution in [1.82, 2.24) is 29.1 Å². The molecule has 8 nitrogen and oxygen atoms in total. The number of halogens is 3. The first kappa shape index (κ1) is 22.0. The summed E-state index contributed by atoms with van der Waals surface area (Å²) in [6.07, 6.45) is -0.632. The third-order valence-corrected chi connectivity index (χ3v) is 7.12. The van der Waals surface area contributed by atoms with Gasteiger partial charge in [-0.15, -0.1) is 0 Å². The maximum Gasteiger partial charge on any atom is 0.417 e. The Morgan fingerprint density at radius 3 is 2.38 bits per heavy atom. The summed E-state index contributed by atoms with van der Waals surface area (Å²) in [6, 6.07) is 10.2.